The van der Waals surface area contributed by atoms with Crippen molar-refractivity contribution in [2.24, 2.45) is 5.92 Å². The van der Waals surface area contributed by atoms with E-state index in [-0.39, 0.29) is 23.7 Å². The molecule has 0 atom stereocenters. The summed E-state index contributed by atoms with van der Waals surface area (Å²) >= 11 is 6.14. The summed E-state index contributed by atoms with van der Waals surface area (Å²) in [5, 5.41) is 8.98. The molecule has 0 saturated carbocycles. The second-order valence-electron chi connectivity index (χ2n) is 8.12. The maximum absolute atomic E-state index is 13.3. The third-order valence-corrected chi connectivity index (χ3v) is 6.08. The van der Waals surface area contributed by atoms with Crippen molar-refractivity contribution in [1.82, 2.24) is 15.5 Å². The van der Waals surface area contributed by atoms with Gasteiger partial charge in [0.2, 0.25) is 5.91 Å². The van der Waals surface area contributed by atoms with Crippen LogP contribution in [0.1, 0.15) is 28.8 Å². The fourth-order valence-corrected chi connectivity index (χ4v) is 4.02. The number of anilines is 2. The Bertz CT molecular complexity index is 1010. The minimum Gasteiger partial charge on any atom is -0.398 e. The maximum Gasteiger partial charge on any atom is 0.253 e. The van der Waals surface area contributed by atoms with Crippen LogP contribution < -0.4 is 21.7 Å². The summed E-state index contributed by atoms with van der Waals surface area (Å²) in [6.45, 7) is 2.92. The van der Waals surface area contributed by atoms with E-state index in [1.54, 1.807) is 0 Å². The average Bonchev–Trinajstić information content (AvgIpc) is 2.80. The maximum atomic E-state index is 13.3. The van der Waals surface area contributed by atoms with Crippen LogP contribution in [-0.2, 0) is 11.3 Å². The highest BCUT2D eigenvalue weighted by Crippen LogP contribution is 2.24. The predicted octanol–water partition coefficient (Wildman–Crippen LogP) is 3.00. The van der Waals surface area contributed by atoms with E-state index in [9.17, 15) is 18.4 Å². The number of rotatable bonds is 8. The molecule has 7 nitrogen and oxygen atoms in total. The van der Waals surface area contributed by atoms with Gasteiger partial charge in [0.15, 0.2) is 11.6 Å². The van der Waals surface area contributed by atoms with Crippen LogP contribution in [0, 0.1) is 17.6 Å². The zero-order valence-corrected chi connectivity index (χ0v) is 19.1. The van der Waals surface area contributed by atoms with Crippen LogP contribution >= 0.6 is 11.6 Å². The number of piperidine rings is 1. The molecule has 1 heterocycles. The Morgan fingerprint density at radius 1 is 1.12 bits per heavy atom. The van der Waals surface area contributed by atoms with Gasteiger partial charge in [0, 0.05) is 31.9 Å². The second-order valence-corrected chi connectivity index (χ2v) is 8.53. The van der Waals surface area contributed by atoms with Crippen molar-refractivity contribution < 1.29 is 18.4 Å². The van der Waals surface area contributed by atoms with Gasteiger partial charge < -0.3 is 21.7 Å². The van der Waals surface area contributed by atoms with Crippen LogP contribution in [0.25, 0.3) is 0 Å². The van der Waals surface area contributed by atoms with Crippen LogP contribution in [0.2, 0.25) is 5.02 Å². The molecular formula is C23H28ClF2N5O2. The molecule has 1 aliphatic heterocycles. The third-order valence-electron chi connectivity index (χ3n) is 5.75. The molecule has 5 N–H and O–H groups in total. The molecule has 3 rings (SSSR count). The quantitative estimate of drug-likeness (QED) is 0.436. The van der Waals surface area contributed by atoms with Gasteiger partial charge in [0.1, 0.15) is 0 Å². The Morgan fingerprint density at radius 2 is 1.82 bits per heavy atom. The molecule has 1 fully saturated rings. The third kappa shape index (κ3) is 6.79. The van der Waals surface area contributed by atoms with Crippen molar-refractivity contribution in [2.75, 3.05) is 44.3 Å². The minimum atomic E-state index is -1.18. The summed E-state index contributed by atoms with van der Waals surface area (Å²) in [7, 11) is 1.84. The summed E-state index contributed by atoms with van der Waals surface area (Å²) in [5.74, 6) is -3.06. The number of likely N-dealkylation sites (tertiary alicyclic amines) is 1. The molecule has 0 radical (unpaired) electrons. The lowest BCUT2D eigenvalue weighted by atomic mass is 9.96. The number of carbonyl (C=O) groups excluding carboxylic acids is 2. The number of nitrogens with two attached hydrogens (primary N) is 1. The molecule has 1 aliphatic rings. The van der Waals surface area contributed by atoms with Gasteiger partial charge in [-0.1, -0.05) is 17.7 Å². The Morgan fingerprint density at radius 3 is 2.52 bits per heavy atom. The van der Waals surface area contributed by atoms with Gasteiger partial charge in [-0.3, -0.25) is 14.5 Å². The lowest BCUT2D eigenvalue weighted by Crippen LogP contribution is -2.41. The Hall–Kier alpha value is -2.91. The van der Waals surface area contributed by atoms with Gasteiger partial charge in [0.05, 0.1) is 22.8 Å². The van der Waals surface area contributed by atoms with Crippen molar-refractivity contribution in [3.63, 3.8) is 0 Å². The van der Waals surface area contributed by atoms with Gasteiger partial charge in [-0.05, 0) is 55.6 Å². The summed E-state index contributed by atoms with van der Waals surface area (Å²) < 4.78 is 26.5. The number of hydrogen-bond acceptors (Lipinski definition) is 5. The lowest BCUT2D eigenvalue weighted by molar-refractivity contribution is -0.120. The summed E-state index contributed by atoms with van der Waals surface area (Å²) in [4.78, 5) is 26.6. The molecule has 2 aromatic carbocycles. The summed E-state index contributed by atoms with van der Waals surface area (Å²) in [6.07, 6.45) is 1.90. The van der Waals surface area contributed by atoms with Gasteiger partial charge in [-0.25, -0.2) is 8.78 Å². The topological polar surface area (TPSA) is 99.5 Å². The van der Waals surface area contributed by atoms with Crippen LogP contribution in [0.4, 0.5) is 20.2 Å². The Balaban J connectivity index is 1.38. The molecule has 0 spiro atoms. The second kappa shape index (κ2) is 11.3. The van der Waals surface area contributed by atoms with Gasteiger partial charge in [-0.2, -0.15) is 0 Å². The number of hydrogen-bond donors (Lipinski definition) is 4. The van der Waals surface area contributed by atoms with Crippen LogP contribution in [0.15, 0.2) is 30.3 Å². The normalized spacial score (nSPS) is 14.7. The highest BCUT2D eigenvalue weighted by atomic mass is 35.5. The largest absolute Gasteiger partial charge is 0.398 e. The molecule has 1 saturated heterocycles. The zero-order chi connectivity index (χ0) is 24.0. The van der Waals surface area contributed by atoms with Crippen molar-refractivity contribution in [2.45, 2.75) is 19.4 Å². The number of halogens is 3. The van der Waals surface area contributed by atoms with Gasteiger partial charge in [-0.15, -0.1) is 0 Å². The fourth-order valence-electron chi connectivity index (χ4n) is 3.80. The van der Waals surface area contributed by atoms with E-state index in [2.05, 4.69) is 26.9 Å². The fraction of sp³-hybridized carbons (Fsp3) is 0.391. The Labute approximate surface area is 196 Å². The smallest absolute Gasteiger partial charge is 0.253 e. The molecule has 2 aromatic rings. The summed E-state index contributed by atoms with van der Waals surface area (Å²) in [6, 6.07) is 7.43. The highest BCUT2D eigenvalue weighted by Gasteiger charge is 2.20. The van der Waals surface area contributed by atoms with E-state index >= 15 is 0 Å². The molecule has 178 valence electrons. The average molecular weight is 480 g/mol. The highest BCUT2D eigenvalue weighted by molar-refractivity contribution is 6.33. The molecule has 33 heavy (non-hydrogen) atoms. The number of benzene rings is 2. The van der Waals surface area contributed by atoms with E-state index in [1.807, 2.05) is 19.2 Å². The molecular weight excluding hydrogens is 452 g/mol. The first-order chi connectivity index (χ1) is 15.8. The van der Waals surface area contributed by atoms with E-state index in [4.69, 9.17) is 17.3 Å². The number of nitrogen functional groups attached to an aromatic ring is 1. The standard InChI is InChI=1S/C23H28ClF2N5O2/c1-28-21-8-15(2-3-17(21)24)13-31-6-4-14(5-7-31)11-29-22(32)12-30-23(33)16-9-18(25)19(26)10-20(16)27/h2-3,8-10,14,28H,4-7,11-13,27H2,1H3,(H,29,32)(H,30,33). The Kier molecular flexibility index (Phi) is 8.46. The minimum absolute atomic E-state index is 0.195. The number of nitrogens with one attached hydrogen (secondary N) is 3. The van der Waals surface area contributed by atoms with E-state index in [0.717, 1.165) is 50.3 Å². The van der Waals surface area contributed by atoms with Gasteiger partial charge >= 0.3 is 0 Å². The molecule has 0 aliphatic carbocycles. The van der Waals surface area contributed by atoms with Crippen LogP contribution in [-0.4, -0.2) is 49.9 Å². The predicted molar refractivity (Wildman–Crippen MR) is 125 cm³/mol. The molecule has 0 unspecified atom stereocenters. The number of amides is 2. The first-order valence-electron chi connectivity index (χ1n) is 10.7. The monoisotopic (exact) mass is 479 g/mol. The van der Waals surface area contributed by atoms with Gasteiger partial charge in [0.25, 0.3) is 5.91 Å². The van der Waals surface area contributed by atoms with Crippen molar-refractivity contribution in [1.29, 1.82) is 0 Å². The SMILES string of the molecule is CNc1cc(CN2CCC(CNC(=O)CNC(=O)c3cc(F)c(F)cc3N)CC2)ccc1Cl. The van der Waals surface area contributed by atoms with Crippen molar-refractivity contribution >= 4 is 34.8 Å². The van der Waals surface area contributed by atoms with Crippen molar-refractivity contribution in [3.05, 3.63) is 58.1 Å². The zero-order valence-electron chi connectivity index (χ0n) is 18.4. The first-order valence-corrected chi connectivity index (χ1v) is 11.1. The number of nitrogens with zero attached hydrogens (tertiary/aromatic N) is 1. The molecule has 0 aromatic heterocycles. The molecule has 2 amide bonds. The van der Waals surface area contributed by atoms with Crippen LogP contribution in [0.3, 0.4) is 0 Å². The van der Waals surface area contributed by atoms with E-state index < -0.39 is 17.5 Å². The summed E-state index contributed by atoms with van der Waals surface area (Å²) in [5.41, 5.74) is 7.24. The number of carbonyl (C=O) groups is 2. The van der Waals surface area contributed by atoms with Crippen molar-refractivity contribution in [3.8, 4) is 0 Å². The molecule has 10 heteroatoms. The van der Waals surface area contributed by atoms with Crippen LogP contribution in [0.5, 0.6) is 0 Å². The van der Waals surface area contributed by atoms with E-state index in [1.165, 1.54) is 5.56 Å². The molecule has 0 bridgehead atoms. The van der Waals surface area contributed by atoms with E-state index in [0.29, 0.717) is 17.5 Å². The lowest BCUT2D eigenvalue weighted by Gasteiger charge is -2.32. The first kappa shape index (κ1) is 24.7.